The Balaban J connectivity index is 2.86. The summed E-state index contributed by atoms with van der Waals surface area (Å²) in [6, 6.07) is 3.18. The lowest BCUT2D eigenvalue weighted by Crippen LogP contribution is -1.82. The van der Waals surface area contributed by atoms with E-state index in [0.717, 1.165) is 6.29 Å². The lowest BCUT2D eigenvalue weighted by atomic mass is 10.3. The van der Waals surface area contributed by atoms with Gasteiger partial charge in [0.2, 0.25) is 0 Å². The van der Waals surface area contributed by atoms with Gasteiger partial charge in [-0.25, -0.2) is 4.98 Å². The van der Waals surface area contributed by atoms with Crippen LogP contribution in [0.2, 0.25) is 0 Å². The summed E-state index contributed by atoms with van der Waals surface area (Å²) in [6.07, 6.45) is 4.36. The predicted molar refractivity (Wildman–Crippen MR) is 53.3 cm³/mol. The van der Waals surface area contributed by atoms with Gasteiger partial charge >= 0.3 is 0 Å². The number of hydrogen-bond donors (Lipinski definition) is 1. The van der Waals surface area contributed by atoms with Crippen molar-refractivity contribution in [2.24, 2.45) is 0 Å². The van der Waals surface area contributed by atoms with Crippen LogP contribution in [0.3, 0.4) is 0 Å². The zero-order valence-electron chi connectivity index (χ0n) is 6.77. The molecule has 3 nitrogen and oxygen atoms in total. The summed E-state index contributed by atoms with van der Waals surface area (Å²) in [5, 5.41) is 9.31. The van der Waals surface area contributed by atoms with Crippen molar-refractivity contribution in [3.8, 4) is 5.75 Å². The molecule has 0 unspecified atom stereocenters. The van der Waals surface area contributed by atoms with Gasteiger partial charge in [0.25, 0.3) is 0 Å². The molecule has 68 valence electrons. The summed E-state index contributed by atoms with van der Waals surface area (Å²) in [6.45, 7) is 0. The highest BCUT2D eigenvalue weighted by molar-refractivity contribution is 9.10. The fourth-order valence-corrected chi connectivity index (χ4v) is 1.12. The maximum atomic E-state index is 10.0. The van der Waals surface area contributed by atoms with Gasteiger partial charge in [-0.3, -0.25) is 0 Å². The third kappa shape index (κ3) is 2.99. The van der Waals surface area contributed by atoms with Crippen LogP contribution < -0.4 is 0 Å². The molecule has 0 spiro atoms. The molecule has 0 saturated carbocycles. The smallest absolute Gasteiger partial charge is 0.141 e. The van der Waals surface area contributed by atoms with E-state index in [0.29, 0.717) is 16.7 Å². The second-order valence-corrected chi connectivity index (χ2v) is 3.16. The number of aromatic hydroxyl groups is 1. The molecule has 0 radical (unpaired) electrons. The second-order valence-electron chi connectivity index (χ2n) is 2.34. The number of halogens is 1. The van der Waals surface area contributed by atoms with Crippen molar-refractivity contribution in [1.29, 1.82) is 0 Å². The summed E-state index contributed by atoms with van der Waals surface area (Å²) in [5.41, 5.74) is 0.455. The van der Waals surface area contributed by atoms with Gasteiger partial charge in [-0.2, -0.15) is 0 Å². The average Bonchev–Trinajstić information content (AvgIpc) is 2.11. The van der Waals surface area contributed by atoms with Crippen molar-refractivity contribution < 1.29 is 9.90 Å². The Labute approximate surface area is 84.2 Å². The van der Waals surface area contributed by atoms with Crippen LogP contribution in [0.5, 0.6) is 5.75 Å². The van der Waals surface area contributed by atoms with Gasteiger partial charge in [-0.1, -0.05) is 6.08 Å². The summed E-state index contributed by atoms with van der Waals surface area (Å²) in [7, 11) is 0. The second kappa shape index (κ2) is 4.77. The molecule has 0 fully saturated rings. The Bertz CT molecular complexity index is 336. The Kier molecular flexibility index (Phi) is 3.64. The van der Waals surface area contributed by atoms with Gasteiger partial charge in [-0.05, 0) is 34.1 Å². The summed E-state index contributed by atoms with van der Waals surface area (Å²) >= 11 is 3.18. The van der Waals surface area contributed by atoms with Crippen molar-refractivity contribution in [3.05, 3.63) is 28.5 Å². The van der Waals surface area contributed by atoms with E-state index >= 15 is 0 Å². The molecule has 4 heteroatoms. The highest BCUT2D eigenvalue weighted by Gasteiger charge is 1.98. The van der Waals surface area contributed by atoms with Crippen molar-refractivity contribution in [2.45, 2.75) is 6.42 Å². The normalized spacial score (nSPS) is 10.5. The lowest BCUT2D eigenvalue weighted by molar-refractivity contribution is -0.107. The SMILES string of the molecule is O=CCC=Cc1nc(Br)ccc1O. The minimum Gasteiger partial charge on any atom is -0.506 e. The first kappa shape index (κ1) is 9.92. The third-order valence-corrected chi connectivity index (χ3v) is 1.82. The molecule has 0 bridgehead atoms. The van der Waals surface area contributed by atoms with E-state index < -0.39 is 0 Å². The van der Waals surface area contributed by atoms with Crippen LogP contribution >= 0.6 is 15.9 Å². The Hall–Kier alpha value is -1.16. The molecule has 0 aliphatic heterocycles. The number of carbonyl (C=O) groups excluding carboxylic acids is 1. The molecule has 13 heavy (non-hydrogen) atoms. The number of nitrogens with zero attached hydrogens (tertiary/aromatic N) is 1. The van der Waals surface area contributed by atoms with Crippen molar-refractivity contribution >= 4 is 28.3 Å². The molecule has 1 heterocycles. The largest absolute Gasteiger partial charge is 0.506 e. The lowest BCUT2D eigenvalue weighted by Gasteiger charge is -1.97. The molecule has 1 rings (SSSR count). The molecule has 0 saturated heterocycles. The van der Waals surface area contributed by atoms with Crippen molar-refractivity contribution in [3.63, 3.8) is 0 Å². The van der Waals surface area contributed by atoms with E-state index in [-0.39, 0.29) is 5.75 Å². The van der Waals surface area contributed by atoms with E-state index in [1.165, 1.54) is 6.07 Å². The number of carbonyl (C=O) groups is 1. The molecule has 0 amide bonds. The van der Waals surface area contributed by atoms with Crippen LogP contribution in [0.25, 0.3) is 6.08 Å². The molecule has 0 aromatic carbocycles. The van der Waals surface area contributed by atoms with Crippen LogP contribution in [-0.2, 0) is 4.79 Å². The number of rotatable bonds is 3. The molecule has 0 aliphatic carbocycles. The quantitative estimate of drug-likeness (QED) is 0.652. The Morgan fingerprint density at radius 1 is 1.54 bits per heavy atom. The fourth-order valence-electron chi connectivity index (χ4n) is 0.801. The van der Waals surface area contributed by atoms with E-state index in [1.54, 1.807) is 18.2 Å². The maximum absolute atomic E-state index is 10.0. The Morgan fingerprint density at radius 2 is 2.31 bits per heavy atom. The van der Waals surface area contributed by atoms with Gasteiger partial charge in [0, 0.05) is 6.42 Å². The molecule has 1 N–H and O–H groups in total. The monoisotopic (exact) mass is 241 g/mol. The van der Waals surface area contributed by atoms with Gasteiger partial charge in [0.1, 0.15) is 22.3 Å². The average molecular weight is 242 g/mol. The molecule has 0 aliphatic rings. The van der Waals surface area contributed by atoms with E-state index in [2.05, 4.69) is 20.9 Å². The van der Waals surface area contributed by atoms with Gasteiger partial charge in [0.15, 0.2) is 0 Å². The maximum Gasteiger partial charge on any atom is 0.141 e. The topological polar surface area (TPSA) is 50.2 Å². The third-order valence-electron chi connectivity index (χ3n) is 1.38. The van der Waals surface area contributed by atoms with Crippen LogP contribution in [-0.4, -0.2) is 16.4 Å². The van der Waals surface area contributed by atoms with Crippen LogP contribution in [0.1, 0.15) is 12.1 Å². The minimum absolute atomic E-state index is 0.102. The number of allylic oxidation sites excluding steroid dienone is 1. The predicted octanol–water partition coefficient (Wildman–Crippen LogP) is 2.15. The summed E-state index contributed by atoms with van der Waals surface area (Å²) in [4.78, 5) is 14.0. The molecule has 1 aromatic rings. The van der Waals surface area contributed by atoms with Crippen molar-refractivity contribution in [1.82, 2.24) is 4.98 Å². The zero-order valence-corrected chi connectivity index (χ0v) is 8.36. The van der Waals surface area contributed by atoms with Gasteiger partial charge < -0.3 is 9.90 Å². The molecule has 1 aromatic heterocycles. The van der Waals surface area contributed by atoms with Crippen LogP contribution in [0.15, 0.2) is 22.8 Å². The number of hydrogen-bond acceptors (Lipinski definition) is 3. The van der Waals surface area contributed by atoms with Crippen molar-refractivity contribution in [2.75, 3.05) is 0 Å². The first-order valence-electron chi connectivity index (χ1n) is 3.69. The number of pyridine rings is 1. The summed E-state index contributed by atoms with van der Waals surface area (Å²) in [5.74, 6) is 0.102. The van der Waals surface area contributed by atoms with Gasteiger partial charge in [-0.15, -0.1) is 0 Å². The minimum atomic E-state index is 0.102. The van der Waals surface area contributed by atoms with E-state index in [4.69, 9.17) is 0 Å². The molecular weight excluding hydrogens is 234 g/mol. The first-order chi connectivity index (χ1) is 6.24. The van der Waals surface area contributed by atoms with E-state index in [9.17, 15) is 9.90 Å². The molecule has 0 atom stereocenters. The standard InChI is InChI=1S/C9H8BrNO2/c10-9-5-4-8(13)7(11-9)3-1-2-6-12/h1,3-6,13H,2H2. The first-order valence-corrected chi connectivity index (χ1v) is 4.49. The van der Waals surface area contributed by atoms with Gasteiger partial charge in [0.05, 0.1) is 0 Å². The molecular formula is C9H8BrNO2. The zero-order chi connectivity index (χ0) is 9.68. The Morgan fingerprint density at radius 3 is 3.00 bits per heavy atom. The fraction of sp³-hybridized carbons (Fsp3) is 0.111. The summed E-state index contributed by atoms with van der Waals surface area (Å²) < 4.78 is 0.649. The highest BCUT2D eigenvalue weighted by Crippen LogP contribution is 2.18. The van der Waals surface area contributed by atoms with Crippen LogP contribution in [0.4, 0.5) is 0 Å². The number of aromatic nitrogens is 1. The van der Waals surface area contributed by atoms with E-state index in [1.807, 2.05) is 0 Å². The number of aldehydes is 1. The van der Waals surface area contributed by atoms with Crippen LogP contribution in [0, 0.1) is 0 Å². The highest BCUT2D eigenvalue weighted by atomic mass is 79.9.